The number of fused-ring (bicyclic) bond motifs is 8. The molecule has 1 saturated heterocycles. The molecule has 0 unspecified atom stereocenters. The monoisotopic (exact) mass is 192 g/mol. The van der Waals surface area contributed by atoms with Crippen LogP contribution in [0.1, 0.15) is 19.3 Å². The summed E-state index contributed by atoms with van der Waals surface area (Å²) < 4.78 is 5.52. The van der Waals surface area contributed by atoms with E-state index in [0.717, 1.165) is 6.42 Å². The highest BCUT2D eigenvalue weighted by Crippen LogP contribution is 2.63. The van der Waals surface area contributed by atoms with Gasteiger partial charge in [0.1, 0.15) is 11.6 Å². The molecular weight excluding hydrogens is 180 g/mol. The Balaban J connectivity index is 1.79. The zero-order valence-corrected chi connectivity index (χ0v) is 7.81. The fraction of sp³-hybridized carbons (Fsp3) is 0.818. The molecule has 14 heavy (non-hydrogen) atoms. The van der Waals surface area contributed by atoms with E-state index in [0.29, 0.717) is 48.5 Å². The quantitative estimate of drug-likeness (QED) is 0.527. The molecule has 1 aliphatic heterocycles. The minimum atomic E-state index is 0.0463. The van der Waals surface area contributed by atoms with Crippen LogP contribution in [-0.2, 0) is 14.3 Å². The zero-order valence-electron chi connectivity index (χ0n) is 7.81. The van der Waals surface area contributed by atoms with Gasteiger partial charge in [0.05, 0.1) is 12.2 Å². The van der Waals surface area contributed by atoms with Gasteiger partial charge in [-0.1, -0.05) is 0 Å². The van der Waals surface area contributed by atoms with Crippen LogP contribution >= 0.6 is 0 Å². The first kappa shape index (κ1) is 7.57. The molecule has 4 aliphatic rings. The Labute approximate surface area is 81.8 Å². The summed E-state index contributed by atoms with van der Waals surface area (Å²) in [6.07, 6.45) is 2.73. The maximum absolute atomic E-state index is 11.8. The van der Waals surface area contributed by atoms with E-state index >= 15 is 0 Å². The molecule has 0 radical (unpaired) electrons. The summed E-state index contributed by atoms with van der Waals surface area (Å²) in [7, 11) is 0. The van der Waals surface area contributed by atoms with Crippen LogP contribution in [0.3, 0.4) is 0 Å². The molecule has 2 bridgehead atoms. The molecule has 3 nitrogen and oxygen atoms in total. The predicted molar refractivity (Wildman–Crippen MR) is 46.5 cm³/mol. The normalized spacial score (nSPS) is 58.6. The number of carbonyl (C=O) groups excluding carboxylic acids is 2. The number of ketones is 2. The molecule has 4 rings (SSSR count). The van der Waals surface area contributed by atoms with Gasteiger partial charge in [0.15, 0.2) is 0 Å². The largest absolute Gasteiger partial charge is 0.369 e. The summed E-state index contributed by atoms with van der Waals surface area (Å²) >= 11 is 0. The third kappa shape index (κ3) is 0.670. The van der Waals surface area contributed by atoms with E-state index in [1.54, 1.807) is 0 Å². The van der Waals surface area contributed by atoms with Gasteiger partial charge in [-0.25, -0.2) is 0 Å². The highest BCUT2D eigenvalue weighted by Gasteiger charge is 2.70. The van der Waals surface area contributed by atoms with Crippen LogP contribution in [-0.4, -0.2) is 23.8 Å². The molecule has 0 amide bonds. The number of epoxide rings is 1. The van der Waals surface area contributed by atoms with E-state index in [4.69, 9.17) is 4.74 Å². The molecule has 0 aromatic carbocycles. The van der Waals surface area contributed by atoms with Crippen molar-refractivity contribution in [3.63, 3.8) is 0 Å². The Morgan fingerprint density at radius 3 is 1.93 bits per heavy atom. The molecule has 4 fully saturated rings. The Kier molecular flexibility index (Phi) is 1.14. The van der Waals surface area contributed by atoms with E-state index < -0.39 is 0 Å². The third-order valence-electron chi connectivity index (χ3n) is 4.62. The van der Waals surface area contributed by atoms with Gasteiger partial charge in [0.25, 0.3) is 0 Å². The van der Waals surface area contributed by atoms with E-state index in [9.17, 15) is 9.59 Å². The van der Waals surface area contributed by atoms with Gasteiger partial charge < -0.3 is 4.74 Å². The van der Waals surface area contributed by atoms with Crippen LogP contribution in [0, 0.1) is 23.7 Å². The molecule has 0 N–H and O–H groups in total. The van der Waals surface area contributed by atoms with E-state index in [2.05, 4.69) is 0 Å². The first-order valence-corrected chi connectivity index (χ1v) is 5.48. The van der Waals surface area contributed by atoms with Crippen molar-refractivity contribution in [1.29, 1.82) is 0 Å². The maximum Gasteiger partial charge on any atom is 0.137 e. The number of hydrogen-bond acceptors (Lipinski definition) is 3. The van der Waals surface area contributed by atoms with Crippen molar-refractivity contribution in [1.82, 2.24) is 0 Å². The standard InChI is InChI=1S/C11H12O3/c12-6-1-2-7(13)9-5-3-4(8(6)9)10-11(5)14-10/h4-5,8-11H,1-3H2/t4-,5-,8+,9+,10-,11+/m1/s1. The molecule has 3 saturated carbocycles. The fourth-order valence-electron chi connectivity index (χ4n) is 4.10. The Bertz CT molecular complexity index is 316. The SMILES string of the molecule is O=C1CCC(=O)[C@@H]2[C@H]3C[C@@H]([C@H]4O[C@@H]34)[C@@H]12. The molecular formula is C11H12O3. The first-order valence-electron chi connectivity index (χ1n) is 5.48. The van der Waals surface area contributed by atoms with Gasteiger partial charge >= 0.3 is 0 Å². The lowest BCUT2D eigenvalue weighted by molar-refractivity contribution is -0.139. The summed E-state index contributed by atoms with van der Waals surface area (Å²) in [5.74, 6) is 1.54. The van der Waals surface area contributed by atoms with Crippen LogP contribution in [0.2, 0.25) is 0 Å². The van der Waals surface area contributed by atoms with Crippen molar-refractivity contribution in [2.45, 2.75) is 31.5 Å². The number of carbonyl (C=O) groups is 2. The van der Waals surface area contributed by atoms with Crippen LogP contribution in [0.15, 0.2) is 0 Å². The predicted octanol–water partition coefficient (Wildman–Crippen LogP) is 0.568. The van der Waals surface area contributed by atoms with E-state index in [1.165, 1.54) is 0 Å². The highest BCUT2D eigenvalue weighted by molar-refractivity contribution is 5.97. The molecule has 1 heterocycles. The topological polar surface area (TPSA) is 46.7 Å². The smallest absolute Gasteiger partial charge is 0.137 e. The third-order valence-corrected chi connectivity index (χ3v) is 4.62. The van der Waals surface area contributed by atoms with Gasteiger partial charge in [0.2, 0.25) is 0 Å². The first-order chi connectivity index (χ1) is 6.77. The van der Waals surface area contributed by atoms with Gasteiger partial charge in [-0.15, -0.1) is 0 Å². The van der Waals surface area contributed by atoms with Crippen molar-refractivity contribution in [3.8, 4) is 0 Å². The number of rotatable bonds is 0. The average Bonchev–Trinajstić information content (AvgIpc) is 2.79. The zero-order chi connectivity index (χ0) is 9.45. The molecule has 3 aliphatic carbocycles. The lowest BCUT2D eigenvalue weighted by atomic mass is 9.69. The van der Waals surface area contributed by atoms with Crippen molar-refractivity contribution < 1.29 is 14.3 Å². The molecule has 0 spiro atoms. The summed E-state index contributed by atoms with van der Waals surface area (Å²) in [4.78, 5) is 23.5. The Morgan fingerprint density at radius 2 is 1.43 bits per heavy atom. The second-order valence-electron chi connectivity index (χ2n) is 5.11. The van der Waals surface area contributed by atoms with Crippen molar-refractivity contribution >= 4 is 11.6 Å². The van der Waals surface area contributed by atoms with Crippen LogP contribution < -0.4 is 0 Å². The van der Waals surface area contributed by atoms with E-state index in [1.807, 2.05) is 0 Å². The second kappa shape index (κ2) is 2.11. The lowest BCUT2D eigenvalue weighted by Gasteiger charge is -2.30. The van der Waals surface area contributed by atoms with Gasteiger partial charge in [-0.2, -0.15) is 0 Å². The molecule has 6 atom stereocenters. The summed E-state index contributed by atoms with van der Waals surface area (Å²) in [6, 6.07) is 0. The highest BCUT2D eigenvalue weighted by atomic mass is 16.6. The summed E-state index contributed by atoms with van der Waals surface area (Å²) in [5, 5.41) is 0. The Hall–Kier alpha value is -0.700. The van der Waals surface area contributed by atoms with Crippen molar-refractivity contribution in [2.24, 2.45) is 23.7 Å². The number of ether oxygens (including phenoxy) is 1. The molecule has 0 aromatic heterocycles. The lowest BCUT2D eigenvalue weighted by Crippen LogP contribution is -2.41. The minimum absolute atomic E-state index is 0.0463. The van der Waals surface area contributed by atoms with Crippen LogP contribution in [0.5, 0.6) is 0 Å². The van der Waals surface area contributed by atoms with E-state index in [-0.39, 0.29) is 11.8 Å². The molecule has 0 aromatic rings. The molecule has 74 valence electrons. The Morgan fingerprint density at radius 1 is 0.929 bits per heavy atom. The average molecular weight is 192 g/mol. The van der Waals surface area contributed by atoms with Crippen LogP contribution in [0.4, 0.5) is 0 Å². The number of hydrogen-bond donors (Lipinski definition) is 0. The van der Waals surface area contributed by atoms with Crippen molar-refractivity contribution in [3.05, 3.63) is 0 Å². The van der Waals surface area contributed by atoms with Gasteiger partial charge in [-0.3, -0.25) is 9.59 Å². The summed E-state index contributed by atoms with van der Waals surface area (Å²) in [6.45, 7) is 0. The molecule has 3 heteroatoms. The maximum atomic E-state index is 11.8. The number of Topliss-reactive ketones (excluding diaryl/α,β-unsaturated/α-hetero) is 2. The second-order valence-corrected chi connectivity index (χ2v) is 5.11. The minimum Gasteiger partial charge on any atom is -0.369 e. The summed E-state index contributed by atoms with van der Waals surface area (Å²) in [5.41, 5.74) is 0. The van der Waals surface area contributed by atoms with Gasteiger partial charge in [0, 0.05) is 24.7 Å². The van der Waals surface area contributed by atoms with Crippen LogP contribution in [0.25, 0.3) is 0 Å². The fourth-order valence-corrected chi connectivity index (χ4v) is 4.10. The van der Waals surface area contributed by atoms with Crippen molar-refractivity contribution in [2.75, 3.05) is 0 Å². The van der Waals surface area contributed by atoms with Gasteiger partial charge in [-0.05, 0) is 18.3 Å².